The normalized spacial score (nSPS) is 19.2. The number of carbonyl (C=O) groups is 1. The topological polar surface area (TPSA) is 57.7 Å². The van der Waals surface area contributed by atoms with Crippen molar-refractivity contribution < 1.29 is 13.2 Å². The quantitative estimate of drug-likeness (QED) is 0.857. The molecular weight excluding hydrogens is 300 g/mol. The van der Waals surface area contributed by atoms with Gasteiger partial charge in [0.15, 0.2) is 0 Å². The molecule has 0 bridgehead atoms. The molecule has 5 nitrogen and oxygen atoms in total. The van der Waals surface area contributed by atoms with Crippen LogP contribution in [0, 0.1) is 0 Å². The zero-order valence-electron chi connectivity index (χ0n) is 12.9. The minimum absolute atomic E-state index is 0.0936. The van der Waals surface area contributed by atoms with Crippen molar-refractivity contribution in [2.45, 2.75) is 43.9 Å². The SMILES string of the molecule is CCC(=O)N1CCCc2cc(S(=O)(=O)N3CCCC3)ccc21. The molecule has 3 rings (SSSR count). The standard InChI is InChI=1S/C16H22N2O3S/c1-2-16(19)18-11-5-6-13-12-14(7-8-15(13)18)22(20,21)17-9-3-4-10-17/h7-8,12H,2-6,9-11H2,1H3. The third kappa shape index (κ3) is 2.65. The number of hydrogen-bond donors (Lipinski definition) is 0. The van der Waals surface area contributed by atoms with E-state index in [1.54, 1.807) is 27.4 Å². The van der Waals surface area contributed by atoms with Gasteiger partial charge in [-0.05, 0) is 49.4 Å². The van der Waals surface area contributed by atoms with Gasteiger partial charge in [-0.2, -0.15) is 4.31 Å². The summed E-state index contributed by atoms with van der Waals surface area (Å²) in [6, 6.07) is 5.21. The smallest absolute Gasteiger partial charge is 0.243 e. The third-order valence-electron chi connectivity index (χ3n) is 4.48. The molecule has 0 unspecified atom stereocenters. The average molecular weight is 322 g/mol. The van der Waals surface area contributed by atoms with Gasteiger partial charge in [-0.1, -0.05) is 6.92 Å². The molecule has 2 heterocycles. The number of hydrogen-bond acceptors (Lipinski definition) is 3. The zero-order chi connectivity index (χ0) is 15.7. The first-order valence-electron chi connectivity index (χ1n) is 7.97. The fourth-order valence-electron chi connectivity index (χ4n) is 3.26. The molecule has 0 atom stereocenters. The summed E-state index contributed by atoms with van der Waals surface area (Å²) in [6.07, 6.45) is 4.04. The van der Waals surface area contributed by atoms with E-state index >= 15 is 0 Å². The van der Waals surface area contributed by atoms with Crippen LogP contribution in [0.5, 0.6) is 0 Å². The summed E-state index contributed by atoms with van der Waals surface area (Å²) in [5.41, 5.74) is 1.84. The Bertz CT molecular complexity index is 679. The van der Waals surface area contributed by atoms with Gasteiger partial charge in [-0.15, -0.1) is 0 Å². The monoisotopic (exact) mass is 322 g/mol. The van der Waals surface area contributed by atoms with Gasteiger partial charge in [0, 0.05) is 31.7 Å². The minimum atomic E-state index is -3.39. The molecule has 0 saturated carbocycles. The van der Waals surface area contributed by atoms with Gasteiger partial charge < -0.3 is 4.90 Å². The van der Waals surface area contributed by atoms with Crippen molar-refractivity contribution in [2.75, 3.05) is 24.5 Å². The highest BCUT2D eigenvalue weighted by Crippen LogP contribution is 2.31. The number of benzene rings is 1. The van der Waals surface area contributed by atoms with Gasteiger partial charge in [0.1, 0.15) is 0 Å². The lowest BCUT2D eigenvalue weighted by Crippen LogP contribution is -2.35. The van der Waals surface area contributed by atoms with Crippen LogP contribution in [0.25, 0.3) is 0 Å². The van der Waals surface area contributed by atoms with Gasteiger partial charge in [0.2, 0.25) is 15.9 Å². The van der Waals surface area contributed by atoms with E-state index in [0.717, 1.165) is 43.5 Å². The van der Waals surface area contributed by atoms with E-state index in [4.69, 9.17) is 0 Å². The van der Waals surface area contributed by atoms with Crippen molar-refractivity contribution in [1.29, 1.82) is 0 Å². The molecule has 0 spiro atoms. The number of aryl methyl sites for hydroxylation is 1. The molecule has 2 aliphatic heterocycles. The first kappa shape index (κ1) is 15.5. The maximum Gasteiger partial charge on any atom is 0.243 e. The van der Waals surface area contributed by atoms with Crippen LogP contribution in [0.4, 0.5) is 5.69 Å². The van der Waals surface area contributed by atoms with Crippen LogP contribution in [0.1, 0.15) is 38.2 Å². The molecule has 1 aromatic rings. The molecule has 1 amide bonds. The molecule has 120 valence electrons. The molecular formula is C16H22N2O3S. The molecule has 6 heteroatoms. The van der Waals surface area contributed by atoms with Crippen LogP contribution in [-0.4, -0.2) is 38.3 Å². The number of nitrogens with zero attached hydrogens (tertiary/aromatic N) is 2. The molecule has 1 fully saturated rings. The van der Waals surface area contributed by atoms with Crippen molar-refractivity contribution in [3.05, 3.63) is 23.8 Å². The van der Waals surface area contributed by atoms with Crippen molar-refractivity contribution in [3.8, 4) is 0 Å². The van der Waals surface area contributed by atoms with Crippen molar-refractivity contribution >= 4 is 21.6 Å². The van der Waals surface area contributed by atoms with E-state index in [0.29, 0.717) is 24.4 Å². The lowest BCUT2D eigenvalue weighted by Gasteiger charge is -2.30. The van der Waals surface area contributed by atoms with Gasteiger partial charge in [-0.3, -0.25) is 4.79 Å². The van der Waals surface area contributed by atoms with Crippen molar-refractivity contribution in [3.63, 3.8) is 0 Å². The van der Waals surface area contributed by atoms with Crippen LogP contribution >= 0.6 is 0 Å². The average Bonchev–Trinajstić information content (AvgIpc) is 3.08. The maximum absolute atomic E-state index is 12.6. The van der Waals surface area contributed by atoms with Gasteiger partial charge in [-0.25, -0.2) is 8.42 Å². The second kappa shape index (κ2) is 6.01. The Hall–Kier alpha value is -1.40. The summed E-state index contributed by atoms with van der Waals surface area (Å²) in [6.45, 7) is 3.79. The van der Waals surface area contributed by atoms with Crippen LogP contribution in [0.3, 0.4) is 0 Å². The molecule has 1 aromatic carbocycles. The van der Waals surface area contributed by atoms with Gasteiger partial charge in [0.05, 0.1) is 4.90 Å². The van der Waals surface area contributed by atoms with E-state index in [1.165, 1.54) is 0 Å². The molecule has 2 aliphatic rings. The Kier molecular flexibility index (Phi) is 4.23. The maximum atomic E-state index is 12.6. The van der Waals surface area contributed by atoms with Crippen LogP contribution in [-0.2, 0) is 21.2 Å². The summed E-state index contributed by atoms with van der Waals surface area (Å²) in [4.78, 5) is 14.2. The Morgan fingerprint density at radius 3 is 2.55 bits per heavy atom. The van der Waals surface area contributed by atoms with E-state index < -0.39 is 10.0 Å². The Labute approximate surface area is 132 Å². The number of anilines is 1. The summed E-state index contributed by atoms with van der Waals surface area (Å²) in [7, 11) is -3.39. The van der Waals surface area contributed by atoms with Gasteiger partial charge in [0.25, 0.3) is 0 Å². The zero-order valence-corrected chi connectivity index (χ0v) is 13.7. The Morgan fingerprint density at radius 2 is 1.86 bits per heavy atom. The van der Waals surface area contributed by atoms with E-state index in [2.05, 4.69) is 0 Å². The van der Waals surface area contributed by atoms with E-state index in [-0.39, 0.29) is 5.91 Å². The van der Waals surface area contributed by atoms with Crippen LogP contribution < -0.4 is 4.90 Å². The second-order valence-electron chi connectivity index (χ2n) is 5.90. The number of rotatable bonds is 3. The fraction of sp³-hybridized carbons (Fsp3) is 0.562. The summed E-state index contributed by atoms with van der Waals surface area (Å²) in [5, 5.41) is 0. The number of amides is 1. The number of sulfonamides is 1. The minimum Gasteiger partial charge on any atom is -0.312 e. The number of fused-ring (bicyclic) bond motifs is 1. The van der Waals surface area contributed by atoms with Crippen molar-refractivity contribution in [2.24, 2.45) is 0 Å². The van der Waals surface area contributed by atoms with Crippen LogP contribution in [0.15, 0.2) is 23.1 Å². The fourth-order valence-corrected chi connectivity index (χ4v) is 4.83. The Balaban J connectivity index is 1.95. The highest BCUT2D eigenvalue weighted by Gasteiger charge is 2.29. The molecule has 22 heavy (non-hydrogen) atoms. The van der Waals surface area contributed by atoms with Crippen LogP contribution in [0.2, 0.25) is 0 Å². The van der Waals surface area contributed by atoms with E-state index in [9.17, 15) is 13.2 Å². The molecule has 1 saturated heterocycles. The first-order valence-corrected chi connectivity index (χ1v) is 9.41. The predicted octanol–water partition coefficient (Wildman–Crippen LogP) is 2.16. The lowest BCUT2D eigenvalue weighted by atomic mass is 10.0. The first-order chi connectivity index (χ1) is 10.5. The molecule has 0 aliphatic carbocycles. The summed E-state index contributed by atoms with van der Waals surface area (Å²) in [5.74, 6) is 0.0936. The highest BCUT2D eigenvalue weighted by atomic mass is 32.2. The van der Waals surface area contributed by atoms with Gasteiger partial charge >= 0.3 is 0 Å². The van der Waals surface area contributed by atoms with E-state index in [1.807, 2.05) is 6.92 Å². The Morgan fingerprint density at radius 1 is 1.14 bits per heavy atom. The second-order valence-corrected chi connectivity index (χ2v) is 7.84. The number of carbonyl (C=O) groups excluding carboxylic acids is 1. The highest BCUT2D eigenvalue weighted by molar-refractivity contribution is 7.89. The van der Waals surface area contributed by atoms with Crippen molar-refractivity contribution in [1.82, 2.24) is 4.31 Å². The summed E-state index contributed by atoms with van der Waals surface area (Å²) >= 11 is 0. The molecule has 0 aromatic heterocycles. The predicted molar refractivity (Wildman–Crippen MR) is 85.4 cm³/mol. The summed E-state index contributed by atoms with van der Waals surface area (Å²) < 4.78 is 26.8. The largest absolute Gasteiger partial charge is 0.312 e. The lowest BCUT2D eigenvalue weighted by molar-refractivity contribution is -0.118. The molecule has 0 radical (unpaired) electrons. The molecule has 0 N–H and O–H groups in total. The third-order valence-corrected chi connectivity index (χ3v) is 6.37.